The molecule has 3 heteroatoms. The zero-order valence-electron chi connectivity index (χ0n) is 10.5. The van der Waals surface area contributed by atoms with Crippen LogP contribution in [0.1, 0.15) is 26.7 Å². The van der Waals surface area contributed by atoms with Crippen LogP contribution in [0.15, 0.2) is 24.3 Å². The fraction of sp³-hybridized carbons (Fsp3) is 0.500. The summed E-state index contributed by atoms with van der Waals surface area (Å²) in [5.74, 6) is 1.03. The third kappa shape index (κ3) is 2.02. The van der Waals surface area contributed by atoms with Crippen LogP contribution >= 0.6 is 0 Å². The van der Waals surface area contributed by atoms with Crippen molar-refractivity contribution < 1.29 is 0 Å². The molecule has 0 spiro atoms. The Morgan fingerprint density at radius 3 is 2.88 bits per heavy atom. The van der Waals surface area contributed by atoms with E-state index < -0.39 is 0 Å². The first-order valence-corrected chi connectivity index (χ1v) is 6.34. The molecule has 0 saturated carbocycles. The molecule has 90 valence electrons. The lowest BCUT2D eigenvalue weighted by atomic mass is 9.84. The van der Waals surface area contributed by atoms with Crippen LogP contribution in [0.3, 0.4) is 0 Å². The molecule has 0 amide bonds. The summed E-state index contributed by atoms with van der Waals surface area (Å²) >= 11 is 0. The van der Waals surface area contributed by atoms with Crippen LogP contribution in [0.25, 0.3) is 11.0 Å². The molecular formula is C14H19N3. The van der Waals surface area contributed by atoms with Crippen LogP contribution in [-0.2, 0) is 0 Å². The van der Waals surface area contributed by atoms with Gasteiger partial charge < -0.3 is 9.88 Å². The number of imidazole rings is 1. The maximum absolute atomic E-state index is 4.67. The molecule has 17 heavy (non-hydrogen) atoms. The van der Waals surface area contributed by atoms with Crippen molar-refractivity contribution in [2.24, 2.45) is 5.41 Å². The minimum absolute atomic E-state index is 0.400. The third-order valence-corrected chi connectivity index (χ3v) is 3.58. The molecule has 3 rings (SSSR count). The van der Waals surface area contributed by atoms with Crippen LogP contribution in [-0.4, -0.2) is 23.1 Å². The van der Waals surface area contributed by atoms with Gasteiger partial charge in [0.15, 0.2) is 0 Å². The van der Waals surface area contributed by atoms with E-state index in [2.05, 4.69) is 40.8 Å². The van der Waals surface area contributed by atoms with Crippen molar-refractivity contribution in [3.63, 3.8) is 0 Å². The predicted octanol–water partition coefficient (Wildman–Crippen LogP) is 3.19. The molecule has 1 saturated heterocycles. The van der Waals surface area contributed by atoms with Crippen molar-refractivity contribution in [1.82, 2.24) is 9.97 Å². The summed E-state index contributed by atoms with van der Waals surface area (Å²) < 4.78 is 0. The van der Waals surface area contributed by atoms with Crippen molar-refractivity contribution in [3.8, 4) is 0 Å². The lowest BCUT2D eigenvalue weighted by Crippen LogP contribution is -2.40. The standard InChI is InChI=1S/C14H19N3/c1-14(2)8-5-9-17(10-14)13-15-11-6-3-4-7-12(11)16-13/h3-4,6-7H,5,8-10H2,1-2H3,(H,15,16). The smallest absolute Gasteiger partial charge is 0.203 e. The maximum atomic E-state index is 4.67. The summed E-state index contributed by atoms with van der Waals surface area (Å²) in [6.07, 6.45) is 2.56. The van der Waals surface area contributed by atoms with Crippen molar-refractivity contribution in [2.45, 2.75) is 26.7 Å². The number of nitrogens with zero attached hydrogens (tertiary/aromatic N) is 2. The molecule has 1 N–H and O–H groups in total. The number of para-hydroxylation sites is 2. The highest BCUT2D eigenvalue weighted by molar-refractivity contribution is 5.77. The zero-order chi connectivity index (χ0) is 11.9. The lowest BCUT2D eigenvalue weighted by molar-refractivity contribution is 0.291. The van der Waals surface area contributed by atoms with Crippen LogP contribution in [0, 0.1) is 5.41 Å². The summed E-state index contributed by atoms with van der Waals surface area (Å²) in [5, 5.41) is 0. The number of aromatic nitrogens is 2. The van der Waals surface area contributed by atoms with Gasteiger partial charge in [0.2, 0.25) is 5.95 Å². The highest BCUT2D eigenvalue weighted by Gasteiger charge is 2.27. The number of rotatable bonds is 1. The Balaban J connectivity index is 1.93. The molecule has 1 aromatic heterocycles. The van der Waals surface area contributed by atoms with E-state index in [1.54, 1.807) is 0 Å². The summed E-state index contributed by atoms with van der Waals surface area (Å²) in [4.78, 5) is 10.5. The van der Waals surface area contributed by atoms with E-state index in [1.807, 2.05) is 12.1 Å². The molecule has 0 aliphatic carbocycles. The van der Waals surface area contributed by atoms with Gasteiger partial charge in [0.25, 0.3) is 0 Å². The van der Waals surface area contributed by atoms with Gasteiger partial charge in [0, 0.05) is 13.1 Å². The first-order valence-electron chi connectivity index (χ1n) is 6.34. The normalized spacial score (nSPS) is 19.8. The number of H-pyrrole nitrogens is 1. The van der Waals surface area contributed by atoms with E-state index in [1.165, 1.54) is 12.8 Å². The average molecular weight is 229 g/mol. The molecule has 1 aliphatic heterocycles. The van der Waals surface area contributed by atoms with E-state index >= 15 is 0 Å². The topological polar surface area (TPSA) is 31.9 Å². The van der Waals surface area contributed by atoms with Crippen LogP contribution in [0.2, 0.25) is 0 Å². The number of hydrogen-bond acceptors (Lipinski definition) is 2. The van der Waals surface area contributed by atoms with Crippen LogP contribution in [0.5, 0.6) is 0 Å². The van der Waals surface area contributed by atoms with Crippen LogP contribution in [0.4, 0.5) is 5.95 Å². The molecule has 0 bridgehead atoms. The molecule has 1 aliphatic rings. The molecule has 2 aromatic rings. The molecule has 2 heterocycles. The van der Waals surface area contributed by atoms with E-state index in [9.17, 15) is 0 Å². The second kappa shape index (κ2) is 3.76. The predicted molar refractivity (Wildman–Crippen MR) is 71.3 cm³/mol. The maximum Gasteiger partial charge on any atom is 0.203 e. The molecule has 1 fully saturated rings. The quantitative estimate of drug-likeness (QED) is 0.814. The van der Waals surface area contributed by atoms with Gasteiger partial charge in [-0.3, -0.25) is 0 Å². The Hall–Kier alpha value is -1.51. The van der Waals surface area contributed by atoms with Gasteiger partial charge in [0.1, 0.15) is 0 Å². The first-order chi connectivity index (χ1) is 8.14. The second-order valence-electron chi connectivity index (χ2n) is 5.77. The Morgan fingerprint density at radius 2 is 2.12 bits per heavy atom. The Morgan fingerprint density at radius 1 is 1.29 bits per heavy atom. The largest absolute Gasteiger partial charge is 0.342 e. The van der Waals surface area contributed by atoms with E-state index in [0.29, 0.717) is 5.41 Å². The summed E-state index contributed by atoms with van der Waals surface area (Å²) in [6.45, 7) is 6.87. The van der Waals surface area contributed by atoms with Gasteiger partial charge in [0.05, 0.1) is 11.0 Å². The Kier molecular flexibility index (Phi) is 2.35. The van der Waals surface area contributed by atoms with Gasteiger partial charge in [-0.1, -0.05) is 26.0 Å². The molecular weight excluding hydrogens is 210 g/mol. The third-order valence-electron chi connectivity index (χ3n) is 3.58. The summed E-state index contributed by atoms with van der Waals surface area (Å²) in [5.41, 5.74) is 2.59. The number of hydrogen-bond donors (Lipinski definition) is 1. The van der Waals surface area contributed by atoms with Gasteiger partial charge in [-0.05, 0) is 30.4 Å². The zero-order valence-corrected chi connectivity index (χ0v) is 10.5. The fourth-order valence-electron chi connectivity index (χ4n) is 2.69. The number of fused-ring (bicyclic) bond motifs is 1. The summed E-state index contributed by atoms with van der Waals surface area (Å²) in [7, 11) is 0. The SMILES string of the molecule is CC1(C)CCCN(c2nc3ccccc3[nH]2)C1. The minimum atomic E-state index is 0.400. The Bertz CT molecular complexity index is 494. The van der Waals surface area contributed by atoms with Crippen molar-refractivity contribution >= 4 is 17.0 Å². The van der Waals surface area contributed by atoms with Crippen LogP contribution < -0.4 is 4.90 Å². The minimum Gasteiger partial charge on any atom is -0.342 e. The van der Waals surface area contributed by atoms with E-state index in [4.69, 9.17) is 0 Å². The van der Waals surface area contributed by atoms with Gasteiger partial charge >= 0.3 is 0 Å². The first kappa shape index (κ1) is 10.6. The summed E-state index contributed by atoms with van der Waals surface area (Å²) in [6, 6.07) is 8.23. The highest BCUT2D eigenvalue weighted by atomic mass is 15.3. The molecule has 0 radical (unpaired) electrons. The van der Waals surface area contributed by atoms with Gasteiger partial charge in [-0.15, -0.1) is 0 Å². The van der Waals surface area contributed by atoms with E-state index in [-0.39, 0.29) is 0 Å². The average Bonchev–Trinajstić information content (AvgIpc) is 2.71. The Labute approximate surface area is 102 Å². The van der Waals surface area contributed by atoms with E-state index in [0.717, 1.165) is 30.1 Å². The van der Waals surface area contributed by atoms with Gasteiger partial charge in [-0.2, -0.15) is 0 Å². The lowest BCUT2D eigenvalue weighted by Gasteiger charge is -2.37. The molecule has 0 atom stereocenters. The van der Waals surface area contributed by atoms with Crippen molar-refractivity contribution in [1.29, 1.82) is 0 Å². The number of aromatic amines is 1. The molecule has 3 nitrogen and oxygen atoms in total. The second-order valence-corrected chi connectivity index (χ2v) is 5.77. The fourth-order valence-corrected chi connectivity index (χ4v) is 2.69. The van der Waals surface area contributed by atoms with Crippen molar-refractivity contribution in [2.75, 3.05) is 18.0 Å². The number of piperidine rings is 1. The molecule has 1 aromatic carbocycles. The number of benzene rings is 1. The molecule has 0 unspecified atom stereocenters. The van der Waals surface area contributed by atoms with Crippen molar-refractivity contribution in [3.05, 3.63) is 24.3 Å². The monoisotopic (exact) mass is 229 g/mol. The number of nitrogens with one attached hydrogen (secondary N) is 1. The number of anilines is 1. The van der Waals surface area contributed by atoms with Gasteiger partial charge in [-0.25, -0.2) is 4.98 Å². The highest BCUT2D eigenvalue weighted by Crippen LogP contribution is 2.31.